The predicted molar refractivity (Wildman–Crippen MR) is 125 cm³/mol. The van der Waals surface area contributed by atoms with E-state index in [1.165, 1.54) is 12.4 Å². The Morgan fingerprint density at radius 1 is 1.19 bits per heavy atom. The second kappa shape index (κ2) is 9.37. The first-order valence-electron chi connectivity index (χ1n) is 11.7. The molecule has 190 valence electrons. The zero-order valence-electron chi connectivity index (χ0n) is 19.2. The van der Waals surface area contributed by atoms with Gasteiger partial charge in [-0.15, -0.1) is 0 Å². The largest absolute Gasteiger partial charge is 0.449 e. The van der Waals surface area contributed by atoms with E-state index in [1.807, 2.05) is 0 Å². The molecule has 1 amide bonds. The lowest BCUT2D eigenvalue weighted by atomic mass is 9.87. The molecule has 3 heterocycles. The molecule has 0 unspecified atom stereocenters. The highest BCUT2D eigenvalue weighted by Crippen LogP contribution is 2.33. The lowest BCUT2D eigenvalue weighted by Gasteiger charge is -2.36. The van der Waals surface area contributed by atoms with Gasteiger partial charge in [0.2, 0.25) is 11.7 Å². The quantitative estimate of drug-likeness (QED) is 0.369. The SMILES string of the molecule is Nc1ncnc2c1ncn2[C@H]1CCC[C@H](NC(=O)CCCn2c(C(F)(F)F)nc3ccccc32)[C@@H]1O. The number of halogens is 3. The number of alkyl halides is 3. The number of aromatic nitrogens is 6. The van der Waals surface area contributed by atoms with Crippen LogP contribution in [-0.2, 0) is 17.5 Å². The number of nitrogens with zero attached hydrogens (tertiary/aromatic N) is 6. The third kappa shape index (κ3) is 4.45. The summed E-state index contributed by atoms with van der Waals surface area (Å²) in [6.45, 7) is -0.0131. The fourth-order valence-corrected chi connectivity index (χ4v) is 4.93. The number of imidazole rings is 2. The molecule has 0 bridgehead atoms. The molecular formula is C23H25F3N8O2. The van der Waals surface area contributed by atoms with Crippen molar-refractivity contribution >= 4 is 33.9 Å². The minimum absolute atomic E-state index is 0.00938. The van der Waals surface area contributed by atoms with Crippen molar-refractivity contribution in [2.75, 3.05) is 5.73 Å². The van der Waals surface area contributed by atoms with E-state index in [9.17, 15) is 23.1 Å². The molecule has 36 heavy (non-hydrogen) atoms. The van der Waals surface area contributed by atoms with E-state index in [0.717, 1.165) is 11.0 Å². The molecule has 4 N–H and O–H groups in total. The highest BCUT2D eigenvalue weighted by atomic mass is 19.4. The molecule has 0 aliphatic heterocycles. The van der Waals surface area contributed by atoms with E-state index in [4.69, 9.17) is 5.73 Å². The molecule has 4 aromatic rings. The van der Waals surface area contributed by atoms with E-state index in [2.05, 4.69) is 25.3 Å². The van der Waals surface area contributed by atoms with Gasteiger partial charge in [0.05, 0.1) is 35.5 Å². The van der Waals surface area contributed by atoms with Crippen LogP contribution in [0.5, 0.6) is 0 Å². The summed E-state index contributed by atoms with van der Waals surface area (Å²) in [5.74, 6) is -1.07. The van der Waals surface area contributed by atoms with Gasteiger partial charge in [0.15, 0.2) is 11.5 Å². The normalized spacial score (nSPS) is 20.7. The summed E-state index contributed by atoms with van der Waals surface area (Å²) < 4.78 is 43.3. The van der Waals surface area contributed by atoms with Gasteiger partial charge in [-0.2, -0.15) is 13.2 Å². The van der Waals surface area contributed by atoms with Crippen molar-refractivity contribution in [3.63, 3.8) is 0 Å². The van der Waals surface area contributed by atoms with Crippen LogP contribution in [0.4, 0.5) is 19.0 Å². The summed E-state index contributed by atoms with van der Waals surface area (Å²) in [6.07, 6.45) is -0.420. The highest BCUT2D eigenvalue weighted by Gasteiger charge is 2.38. The van der Waals surface area contributed by atoms with E-state index in [0.29, 0.717) is 29.5 Å². The molecule has 1 aliphatic rings. The Bertz CT molecular complexity index is 1400. The standard InChI is InChI=1S/C23H25F3N8O2/c24-23(25,26)22-32-13-5-1-2-7-15(13)33(22)10-4-9-17(35)31-14-6-3-8-16(19(14)36)34-12-30-18-20(27)28-11-29-21(18)34/h1-2,5,7,11-12,14,16,19,36H,3-4,6,8-10H2,(H,31,35)(H2,27,28,29)/t14-,16-,19-/m0/s1. The van der Waals surface area contributed by atoms with Crippen molar-refractivity contribution in [2.45, 2.75) is 63.0 Å². The van der Waals surface area contributed by atoms with Gasteiger partial charge in [-0.05, 0) is 37.8 Å². The maximum atomic E-state index is 13.5. The number of fused-ring (bicyclic) bond motifs is 2. The average Bonchev–Trinajstić information content (AvgIpc) is 3.43. The monoisotopic (exact) mass is 502 g/mol. The number of amides is 1. The summed E-state index contributed by atoms with van der Waals surface area (Å²) in [5, 5.41) is 13.9. The summed E-state index contributed by atoms with van der Waals surface area (Å²) in [4.78, 5) is 28.8. The van der Waals surface area contributed by atoms with Crippen LogP contribution in [0.25, 0.3) is 22.2 Å². The zero-order valence-corrected chi connectivity index (χ0v) is 19.2. The van der Waals surface area contributed by atoms with Gasteiger partial charge in [-0.1, -0.05) is 12.1 Å². The van der Waals surface area contributed by atoms with Crippen LogP contribution >= 0.6 is 0 Å². The van der Waals surface area contributed by atoms with Crippen LogP contribution in [0.2, 0.25) is 0 Å². The van der Waals surface area contributed by atoms with Crippen molar-refractivity contribution in [1.82, 2.24) is 34.4 Å². The summed E-state index contributed by atoms with van der Waals surface area (Å²) >= 11 is 0. The number of nitrogens with one attached hydrogen (secondary N) is 1. The van der Waals surface area contributed by atoms with E-state index < -0.39 is 24.1 Å². The molecule has 5 rings (SSSR count). The maximum Gasteiger partial charge on any atom is 0.449 e. The molecule has 0 radical (unpaired) electrons. The van der Waals surface area contributed by atoms with Crippen LogP contribution in [0.15, 0.2) is 36.9 Å². The first kappa shape index (κ1) is 24.0. The fraction of sp³-hybridized carbons (Fsp3) is 0.435. The van der Waals surface area contributed by atoms with E-state index >= 15 is 0 Å². The molecule has 13 heteroatoms. The van der Waals surface area contributed by atoms with Crippen LogP contribution < -0.4 is 11.1 Å². The maximum absolute atomic E-state index is 13.5. The van der Waals surface area contributed by atoms with E-state index in [-0.39, 0.29) is 42.7 Å². The van der Waals surface area contributed by atoms with Gasteiger partial charge in [0, 0.05) is 13.0 Å². The second-order valence-corrected chi connectivity index (χ2v) is 8.92. The summed E-state index contributed by atoms with van der Waals surface area (Å²) in [5.41, 5.74) is 7.43. The molecule has 3 atom stereocenters. The molecule has 1 aliphatic carbocycles. The first-order chi connectivity index (χ1) is 17.2. The Hall–Kier alpha value is -3.74. The topological polar surface area (TPSA) is 137 Å². The molecule has 1 fully saturated rings. The Balaban J connectivity index is 1.23. The number of aryl methyl sites for hydroxylation is 1. The third-order valence-electron chi connectivity index (χ3n) is 6.61. The molecule has 10 nitrogen and oxygen atoms in total. The Kier molecular flexibility index (Phi) is 6.24. The van der Waals surface area contributed by atoms with Gasteiger partial charge < -0.3 is 25.3 Å². The number of para-hydroxylation sites is 2. The van der Waals surface area contributed by atoms with Gasteiger partial charge in [0.1, 0.15) is 11.8 Å². The smallest absolute Gasteiger partial charge is 0.389 e. The number of rotatable bonds is 6. The molecule has 0 spiro atoms. The van der Waals surface area contributed by atoms with Gasteiger partial charge >= 0.3 is 6.18 Å². The molecular weight excluding hydrogens is 477 g/mol. The zero-order chi connectivity index (χ0) is 25.4. The van der Waals surface area contributed by atoms with Crippen LogP contribution in [0.1, 0.15) is 44.0 Å². The third-order valence-corrected chi connectivity index (χ3v) is 6.61. The van der Waals surface area contributed by atoms with Gasteiger partial charge in [-0.3, -0.25) is 4.79 Å². The minimum atomic E-state index is -4.60. The van der Waals surface area contributed by atoms with Crippen molar-refractivity contribution in [3.8, 4) is 0 Å². The molecule has 3 aromatic heterocycles. The summed E-state index contributed by atoms with van der Waals surface area (Å²) in [7, 11) is 0. The minimum Gasteiger partial charge on any atom is -0.389 e. The number of nitrogens with two attached hydrogens (primary N) is 1. The first-order valence-corrected chi connectivity index (χ1v) is 11.7. The average molecular weight is 503 g/mol. The van der Waals surface area contributed by atoms with Crippen molar-refractivity contribution in [3.05, 3.63) is 42.7 Å². The van der Waals surface area contributed by atoms with Gasteiger partial charge in [-0.25, -0.2) is 19.9 Å². The fourth-order valence-electron chi connectivity index (χ4n) is 4.93. The number of hydrogen-bond donors (Lipinski definition) is 3. The Labute approximate surface area is 203 Å². The predicted octanol–water partition coefficient (Wildman–Crippen LogP) is 2.83. The number of aliphatic hydroxyl groups excluding tert-OH is 1. The number of hydrogen-bond acceptors (Lipinski definition) is 7. The number of aliphatic hydroxyl groups is 1. The van der Waals surface area contributed by atoms with Crippen LogP contribution in [0.3, 0.4) is 0 Å². The number of nitrogen functional groups attached to an aromatic ring is 1. The number of carbonyl (C=O) groups is 1. The van der Waals surface area contributed by atoms with Gasteiger partial charge in [0.25, 0.3) is 0 Å². The van der Waals surface area contributed by atoms with Crippen molar-refractivity contribution in [2.24, 2.45) is 0 Å². The van der Waals surface area contributed by atoms with Crippen molar-refractivity contribution < 1.29 is 23.1 Å². The van der Waals surface area contributed by atoms with E-state index in [1.54, 1.807) is 29.1 Å². The Morgan fingerprint density at radius 3 is 2.81 bits per heavy atom. The lowest BCUT2D eigenvalue weighted by molar-refractivity contribution is -0.146. The lowest BCUT2D eigenvalue weighted by Crippen LogP contribution is -2.49. The van der Waals surface area contributed by atoms with Crippen LogP contribution in [0, 0.1) is 0 Å². The highest BCUT2D eigenvalue weighted by molar-refractivity contribution is 5.81. The second-order valence-electron chi connectivity index (χ2n) is 8.92. The number of benzene rings is 1. The number of anilines is 1. The van der Waals surface area contributed by atoms with Crippen molar-refractivity contribution in [1.29, 1.82) is 0 Å². The number of carbonyl (C=O) groups excluding carboxylic acids is 1. The summed E-state index contributed by atoms with van der Waals surface area (Å²) in [6, 6.07) is 5.51. The van der Waals surface area contributed by atoms with Crippen LogP contribution in [-0.4, -0.2) is 52.2 Å². The molecule has 1 aromatic carbocycles. The molecule has 0 saturated heterocycles. The molecule has 1 saturated carbocycles. The Morgan fingerprint density at radius 2 is 2.00 bits per heavy atom.